The van der Waals surface area contributed by atoms with Crippen LogP contribution in [0.5, 0.6) is 0 Å². The minimum Gasteiger partial charge on any atom is -0.311 e. The number of thioether (sulfide) groups is 1. The Kier molecular flexibility index (Phi) is 4.43. The van der Waals surface area contributed by atoms with Crippen molar-refractivity contribution in [1.82, 2.24) is 4.98 Å². The summed E-state index contributed by atoms with van der Waals surface area (Å²) in [6.45, 7) is 0.780. The SMILES string of the molecule is N#Cc1ccc2sc(SCC(=O)N3CCCc4ccccc43)nc2c1. The van der Waals surface area contributed by atoms with Crippen LogP contribution in [0.1, 0.15) is 17.5 Å². The third-order valence-electron chi connectivity index (χ3n) is 4.23. The van der Waals surface area contributed by atoms with Gasteiger partial charge in [-0.05, 0) is 42.7 Å². The molecule has 0 fully saturated rings. The van der Waals surface area contributed by atoms with Gasteiger partial charge in [0.15, 0.2) is 4.34 Å². The molecule has 1 aliphatic rings. The molecule has 6 heteroatoms. The number of aryl methyl sites for hydroxylation is 1. The van der Waals surface area contributed by atoms with Gasteiger partial charge < -0.3 is 4.90 Å². The lowest BCUT2D eigenvalue weighted by molar-refractivity contribution is -0.116. The topological polar surface area (TPSA) is 57.0 Å². The van der Waals surface area contributed by atoms with Crippen LogP contribution in [0.25, 0.3) is 10.2 Å². The third kappa shape index (κ3) is 3.26. The lowest BCUT2D eigenvalue weighted by atomic mass is 10.0. The first-order chi connectivity index (χ1) is 12.2. The van der Waals surface area contributed by atoms with Gasteiger partial charge in [-0.15, -0.1) is 11.3 Å². The van der Waals surface area contributed by atoms with Gasteiger partial charge in [-0.3, -0.25) is 4.79 Å². The summed E-state index contributed by atoms with van der Waals surface area (Å²) in [5, 5.41) is 8.97. The predicted octanol–water partition coefficient (Wildman–Crippen LogP) is 4.24. The number of para-hydroxylation sites is 1. The van der Waals surface area contributed by atoms with E-state index in [1.54, 1.807) is 23.5 Å². The van der Waals surface area contributed by atoms with Gasteiger partial charge in [0.05, 0.1) is 27.6 Å². The molecule has 3 aromatic rings. The molecule has 4 rings (SSSR count). The van der Waals surface area contributed by atoms with Crippen LogP contribution in [0.4, 0.5) is 5.69 Å². The molecular weight excluding hydrogens is 350 g/mol. The third-order valence-corrected chi connectivity index (χ3v) is 6.39. The van der Waals surface area contributed by atoms with Crippen LogP contribution < -0.4 is 4.90 Å². The zero-order valence-corrected chi connectivity index (χ0v) is 15.1. The molecular formula is C19H15N3OS2. The van der Waals surface area contributed by atoms with E-state index in [2.05, 4.69) is 17.1 Å². The van der Waals surface area contributed by atoms with Crippen LogP contribution >= 0.6 is 23.1 Å². The molecule has 4 nitrogen and oxygen atoms in total. The quantitative estimate of drug-likeness (QED) is 0.652. The second kappa shape index (κ2) is 6.87. The van der Waals surface area contributed by atoms with Crippen molar-refractivity contribution >= 4 is 44.9 Å². The zero-order valence-electron chi connectivity index (χ0n) is 13.4. The normalized spacial score (nSPS) is 13.5. The summed E-state index contributed by atoms with van der Waals surface area (Å²) in [5.74, 6) is 0.494. The Balaban J connectivity index is 1.48. The molecule has 0 saturated carbocycles. The molecule has 25 heavy (non-hydrogen) atoms. The Hall–Kier alpha value is -2.36. The maximum Gasteiger partial charge on any atom is 0.237 e. The number of carbonyl (C=O) groups is 1. The van der Waals surface area contributed by atoms with E-state index in [0.717, 1.165) is 39.6 Å². The van der Waals surface area contributed by atoms with Gasteiger partial charge >= 0.3 is 0 Å². The van der Waals surface area contributed by atoms with Crippen LogP contribution in [0.3, 0.4) is 0 Å². The number of thiazole rings is 1. The Bertz CT molecular complexity index is 990. The molecule has 0 aliphatic carbocycles. The number of fused-ring (bicyclic) bond motifs is 2. The Morgan fingerprint density at radius 3 is 3.08 bits per heavy atom. The van der Waals surface area contributed by atoms with Crippen molar-refractivity contribution in [3.05, 3.63) is 53.6 Å². The van der Waals surface area contributed by atoms with E-state index in [1.165, 1.54) is 17.3 Å². The zero-order chi connectivity index (χ0) is 17.2. The van der Waals surface area contributed by atoms with E-state index in [9.17, 15) is 4.79 Å². The van der Waals surface area contributed by atoms with Gasteiger partial charge in [-0.2, -0.15) is 5.26 Å². The summed E-state index contributed by atoms with van der Waals surface area (Å²) in [7, 11) is 0. The standard InChI is InChI=1S/C19H15N3OS2/c20-11-13-7-8-17-15(10-13)21-19(25-17)24-12-18(23)22-9-3-5-14-4-1-2-6-16(14)22/h1-2,4,6-8,10H,3,5,9,12H2. The number of hydrogen-bond acceptors (Lipinski definition) is 5. The van der Waals surface area contributed by atoms with Crippen molar-refractivity contribution in [3.63, 3.8) is 0 Å². The van der Waals surface area contributed by atoms with E-state index in [-0.39, 0.29) is 5.91 Å². The molecule has 0 unspecified atom stereocenters. The Labute approximate surface area is 154 Å². The molecule has 1 aliphatic heterocycles. The van der Waals surface area contributed by atoms with E-state index in [0.29, 0.717) is 11.3 Å². The van der Waals surface area contributed by atoms with Crippen LogP contribution in [0.15, 0.2) is 46.8 Å². The van der Waals surface area contributed by atoms with Gasteiger partial charge in [0.1, 0.15) is 0 Å². The number of aromatic nitrogens is 1. The number of nitrogens with zero attached hydrogens (tertiary/aromatic N) is 3. The van der Waals surface area contributed by atoms with Crippen LogP contribution in [-0.4, -0.2) is 23.2 Å². The predicted molar refractivity (Wildman–Crippen MR) is 102 cm³/mol. The van der Waals surface area contributed by atoms with E-state index in [4.69, 9.17) is 5.26 Å². The monoisotopic (exact) mass is 365 g/mol. The highest BCUT2D eigenvalue weighted by atomic mass is 32.2. The lowest BCUT2D eigenvalue weighted by Crippen LogP contribution is -2.36. The van der Waals surface area contributed by atoms with Gasteiger partial charge in [-0.1, -0.05) is 30.0 Å². The fraction of sp³-hybridized carbons (Fsp3) is 0.211. The number of anilines is 1. The molecule has 2 aromatic carbocycles. The second-order valence-corrected chi connectivity index (χ2v) is 8.09. The van der Waals surface area contributed by atoms with Crippen LogP contribution in [0, 0.1) is 11.3 Å². The average molecular weight is 365 g/mol. The maximum absolute atomic E-state index is 12.7. The summed E-state index contributed by atoms with van der Waals surface area (Å²) in [6, 6.07) is 15.8. The van der Waals surface area contributed by atoms with Crippen molar-refractivity contribution in [1.29, 1.82) is 5.26 Å². The fourth-order valence-corrected chi connectivity index (χ4v) is 4.96. The number of carbonyl (C=O) groups excluding carboxylic acids is 1. The van der Waals surface area contributed by atoms with Gasteiger partial charge in [0.25, 0.3) is 0 Å². The summed E-state index contributed by atoms with van der Waals surface area (Å²) in [4.78, 5) is 19.1. The highest BCUT2D eigenvalue weighted by molar-refractivity contribution is 8.01. The minimum absolute atomic E-state index is 0.120. The number of amides is 1. The molecule has 0 bridgehead atoms. The molecule has 0 radical (unpaired) electrons. The number of hydrogen-bond donors (Lipinski definition) is 0. The molecule has 0 N–H and O–H groups in total. The average Bonchev–Trinajstić information content (AvgIpc) is 3.07. The summed E-state index contributed by atoms with van der Waals surface area (Å²) < 4.78 is 1.90. The minimum atomic E-state index is 0.120. The fourth-order valence-electron chi connectivity index (χ4n) is 3.03. The summed E-state index contributed by atoms with van der Waals surface area (Å²) in [6.07, 6.45) is 2.04. The van der Waals surface area contributed by atoms with E-state index < -0.39 is 0 Å². The second-order valence-electron chi connectivity index (χ2n) is 5.84. The van der Waals surface area contributed by atoms with E-state index in [1.807, 2.05) is 29.2 Å². The van der Waals surface area contributed by atoms with Gasteiger partial charge in [0.2, 0.25) is 5.91 Å². The van der Waals surface area contributed by atoms with Crippen molar-refractivity contribution < 1.29 is 4.79 Å². The lowest BCUT2D eigenvalue weighted by Gasteiger charge is -2.29. The van der Waals surface area contributed by atoms with Gasteiger partial charge in [0, 0.05) is 12.2 Å². The molecule has 1 amide bonds. The van der Waals surface area contributed by atoms with Crippen LogP contribution in [0.2, 0.25) is 0 Å². The number of nitriles is 1. The van der Waals surface area contributed by atoms with Crippen molar-refractivity contribution in [2.24, 2.45) is 0 Å². The first-order valence-electron chi connectivity index (χ1n) is 8.06. The smallest absolute Gasteiger partial charge is 0.237 e. The molecule has 0 spiro atoms. The van der Waals surface area contributed by atoms with Crippen LogP contribution in [-0.2, 0) is 11.2 Å². The summed E-state index contributed by atoms with van der Waals surface area (Å²) in [5.41, 5.74) is 3.72. The molecule has 124 valence electrons. The van der Waals surface area contributed by atoms with Crippen molar-refractivity contribution in [3.8, 4) is 6.07 Å². The Morgan fingerprint density at radius 2 is 2.20 bits per heavy atom. The maximum atomic E-state index is 12.7. The summed E-state index contributed by atoms with van der Waals surface area (Å²) >= 11 is 3.03. The first kappa shape index (κ1) is 16.1. The largest absolute Gasteiger partial charge is 0.311 e. The highest BCUT2D eigenvalue weighted by Gasteiger charge is 2.22. The van der Waals surface area contributed by atoms with Crippen molar-refractivity contribution in [2.75, 3.05) is 17.2 Å². The molecule has 0 atom stereocenters. The molecule has 0 saturated heterocycles. The van der Waals surface area contributed by atoms with Crippen molar-refractivity contribution in [2.45, 2.75) is 17.2 Å². The highest BCUT2D eigenvalue weighted by Crippen LogP contribution is 2.32. The number of benzene rings is 2. The van der Waals surface area contributed by atoms with Gasteiger partial charge in [-0.25, -0.2) is 4.98 Å². The first-order valence-corrected chi connectivity index (χ1v) is 9.86. The van der Waals surface area contributed by atoms with E-state index >= 15 is 0 Å². The Morgan fingerprint density at radius 1 is 1.32 bits per heavy atom. The molecule has 2 heterocycles. The number of rotatable bonds is 3. The molecule has 1 aromatic heterocycles.